The Bertz CT molecular complexity index is 1120. The van der Waals surface area contributed by atoms with E-state index in [1.165, 1.54) is 23.1 Å². The van der Waals surface area contributed by atoms with Crippen molar-refractivity contribution in [3.8, 4) is 0 Å². The Morgan fingerprint density at radius 3 is 2.33 bits per heavy atom. The van der Waals surface area contributed by atoms with E-state index in [2.05, 4.69) is 26.9 Å². The number of amides is 1. The van der Waals surface area contributed by atoms with Gasteiger partial charge in [-0.15, -0.1) is 11.0 Å². The molecule has 0 radical (unpaired) electrons. The van der Waals surface area contributed by atoms with Crippen molar-refractivity contribution in [3.05, 3.63) is 76.1 Å². The summed E-state index contributed by atoms with van der Waals surface area (Å²) < 4.78 is 30.1. The number of carbonyl (C=O) groups excluding carboxylic acids is 1. The Balaban J connectivity index is 1.95. The fourth-order valence-electron chi connectivity index (χ4n) is 2.65. The van der Waals surface area contributed by atoms with Crippen molar-refractivity contribution >= 4 is 60.6 Å². The van der Waals surface area contributed by atoms with Crippen LogP contribution in [0.2, 0.25) is 0 Å². The van der Waals surface area contributed by atoms with Crippen LogP contribution in [0.1, 0.15) is 5.56 Å². The molecule has 0 N–H and O–H groups in total. The van der Waals surface area contributed by atoms with Crippen molar-refractivity contribution in [2.24, 2.45) is 4.40 Å². The number of halogens is 1. The lowest BCUT2D eigenvalue weighted by Crippen LogP contribution is -2.29. The van der Waals surface area contributed by atoms with Gasteiger partial charge >= 0.3 is 0 Å². The van der Waals surface area contributed by atoms with Gasteiger partial charge in [0.15, 0.2) is 5.17 Å². The van der Waals surface area contributed by atoms with Crippen LogP contribution in [0.5, 0.6) is 0 Å². The summed E-state index contributed by atoms with van der Waals surface area (Å²) in [6.07, 6.45) is 3.27. The van der Waals surface area contributed by atoms with Crippen LogP contribution in [0.3, 0.4) is 0 Å². The summed E-state index contributed by atoms with van der Waals surface area (Å²) in [5.74, 6) is -0.304. The molecule has 2 aromatic rings. The molecule has 0 spiro atoms. The molecule has 3 rings (SSSR count). The van der Waals surface area contributed by atoms with E-state index < -0.39 is 10.0 Å². The first-order valence-corrected chi connectivity index (χ1v) is 12.0. The van der Waals surface area contributed by atoms with Gasteiger partial charge in [-0.25, -0.2) is 0 Å². The van der Waals surface area contributed by atoms with Gasteiger partial charge in [0, 0.05) is 30.8 Å². The van der Waals surface area contributed by atoms with Crippen LogP contribution in [-0.2, 0) is 14.8 Å². The predicted molar refractivity (Wildman–Crippen MR) is 127 cm³/mol. The summed E-state index contributed by atoms with van der Waals surface area (Å²) in [5, 5.41) is 0.110. The third kappa shape index (κ3) is 5.03. The van der Waals surface area contributed by atoms with Crippen molar-refractivity contribution in [1.82, 2.24) is 4.90 Å². The van der Waals surface area contributed by atoms with Crippen LogP contribution < -0.4 is 4.90 Å². The molecule has 0 saturated carbocycles. The zero-order valence-electron chi connectivity index (χ0n) is 16.4. The second-order valence-corrected chi connectivity index (χ2v) is 10.1. The standard InChI is InChI=1S/C21H20BrN3O3S2/c1-4-13-25-20(26)19(14-15-5-9-17(10-6-15)24(2)3)29-21(25)23-30(27,28)18-11-7-16(22)8-12-18/h4-12,14H,1,13H2,2-3H3. The molecule has 1 aliphatic rings. The van der Waals surface area contributed by atoms with E-state index in [-0.39, 0.29) is 22.5 Å². The third-order valence-electron chi connectivity index (χ3n) is 4.22. The van der Waals surface area contributed by atoms with Crippen LogP contribution in [0.4, 0.5) is 5.69 Å². The fraction of sp³-hybridized carbons (Fsp3) is 0.143. The molecule has 9 heteroatoms. The maximum Gasteiger partial charge on any atom is 0.284 e. The molecule has 0 aromatic heterocycles. The fourth-order valence-corrected chi connectivity index (χ4v) is 5.10. The van der Waals surface area contributed by atoms with Gasteiger partial charge in [0.2, 0.25) is 0 Å². The summed E-state index contributed by atoms with van der Waals surface area (Å²) in [6, 6.07) is 13.9. The summed E-state index contributed by atoms with van der Waals surface area (Å²) in [5.41, 5.74) is 1.88. The largest absolute Gasteiger partial charge is 0.378 e. The van der Waals surface area contributed by atoms with Crippen LogP contribution in [0.25, 0.3) is 6.08 Å². The molecule has 0 atom stereocenters. The highest BCUT2D eigenvalue weighted by Crippen LogP contribution is 2.34. The maximum atomic E-state index is 12.9. The molecule has 0 aliphatic carbocycles. The third-order valence-corrected chi connectivity index (χ3v) is 7.15. The zero-order chi connectivity index (χ0) is 21.9. The van der Waals surface area contributed by atoms with Crippen LogP contribution in [0, 0.1) is 0 Å². The lowest BCUT2D eigenvalue weighted by atomic mass is 10.2. The van der Waals surface area contributed by atoms with Gasteiger partial charge in [0.1, 0.15) is 0 Å². The highest BCUT2D eigenvalue weighted by molar-refractivity contribution is 9.10. The molecule has 1 saturated heterocycles. The van der Waals surface area contributed by atoms with Gasteiger partial charge in [0.25, 0.3) is 15.9 Å². The lowest BCUT2D eigenvalue weighted by molar-refractivity contribution is -0.121. The zero-order valence-corrected chi connectivity index (χ0v) is 19.7. The van der Waals surface area contributed by atoms with E-state index in [0.717, 1.165) is 27.5 Å². The molecule has 1 heterocycles. The first kappa shape index (κ1) is 22.3. The van der Waals surface area contributed by atoms with E-state index in [9.17, 15) is 13.2 Å². The van der Waals surface area contributed by atoms with Crippen LogP contribution in [0.15, 0.2) is 79.9 Å². The second kappa shape index (κ2) is 9.20. The molecule has 0 bridgehead atoms. The number of thioether (sulfide) groups is 1. The van der Waals surface area contributed by atoms with Gasteiger partial charge in [-0.05, 0) is 59.8 Å². The smallest absolute Gasteiger partial charge is 0.284 e. The Morgan fingerprint density at radius 1 is 1.13 bits per heavy atom. The summed E-state index contributed by atoms with van der Waals surface area (Å²) in [4.78, 5) is 16.6. The molecule has 1 aliphatic heterocycles. The number of rotatable bonds is 6. The monoisotopic (exact) mass is 505 g/mol. The molecular weight excluding hydrogens is 486 g/mol. The number of anilines is 1. The average Bonchev–Trinajstić information content (AvgIpc) is 2.97. The van der Waals surface area contributed by atoms with Gasteiger partial charge < -0.3 is 4.90 Å². The van der Waals surface area contributed by atoms with E-state index in [1.54, 1.807) is 18.2 Å². The minimum absolute atomic E-state index is 0.0569. The number of carbonyl (C=O) groups is 1. The Morgan fingerprint density at radius 2 is 1.77 bits per heavy atom. The number of hydrogen-bond donors (Lipinski definition) is 0. The quantitative estimate of drug-likeness (QED) is 0.430. The SMILES string of the molecule is C=CCN1C(=O)C(=Cc2ccc(N(C)C)cc2)SC1=NS(=O)(=O)c1ccc(Br)cc1. The van der Waals surface area contributed by atoms with Gasteiger partial charge in [-0.1, -0.05) is 34.1 Å². The average molecular weight is 506 g/mol. The van der Waals surface area contributed by atoms with Gasteiger partial charge in [0.05, 0.1) is 9.80 Å². The van der Waals surface area contributed by atoms with E-state index in [0.29, 0.717) is 4.91 Å². The summed E-state index contributed by atoms with van der Waals surface area (Å²) in [6.45, 7) is 3.82. The normalized spacial score (nSPS) is 17.0. The summed E-state index contributed by atoms with van der Waals surface area (Å²) in [7, 11) is -0.0612. The number of hydrogen-bond acceptors (Lipinski definition) is 5. The first-order valence-electron chi connectivity index (χ1n) is 8.91. The highest BCUT2D eigenvalue weighted by atomic mass is 79.9. The van der Waals surface area contributed by atoms with Crippen LogP contribution >= 0.6 is 27.7 Å². The Hall–Kier alpha value is -2.36. The summed E-state index contributed by atoms with van der Waals surface area (Å²) >= 11 is 4.32. The first-order chi connectivity index (χ1) is 14.2. The Labute approximate surface area is 189 Å². The van der Waals surface area contributed by atoms with Crippen molar-refractivity contribution in [2.75, 3.05) is 25.5 Å². The van der Waals surface area contributed by atoms with Crippen molar-refractivity contribution in [1.29, 1.82) is 0 Å². The molecule has 0 unspecified atom stereocenters. The van der Waals surface area contributed by atoms with Gasteiger partial charge in [-0.3, -0.25) is 9.69 Å². The van der Waals surface area contributed by atoms with Crippen molar-refractivity contribution in [3.63, 3.8) is 0 Å². The van der Waals surface area contributed by atoms with E-state index in [1.807, 2.05) is 43.3 Å². The molecule has 1 amide bonds. The number of sulfonamides is 1. The maximum absolute atomic E-state index is 12.9. The number of amidine groups is 1. The second-order valence-electron chi connectivity index (χ2n) is 6.60. The molecule has 2 aromatic carbocycles. The highest BCUT2D eigenvalue weighted by Gasteiger charge is 2.34. The van der Waals surface area contributed by atoms with Crippen molar-refractivity contribution < 1.29 is 13.2 Å². The number of benzene rings is 2. The lowest BCUT2D eigenvalue weighted by Gasteiger charge is -2.12. The van der Waals surface area contributed by atoms with Crippen molar-refractivity contribution in [2.45, 2.75) is 4.90 Å². The molecule has 156 valence electrons. The predicted octanol–water partition coefficient (Wildman–Crippen LogP) is 4.36. The number of nitrogens with zero attached hydrogens (tertiary/aromatic N) is 3. The minimum Gasteiger partial charge on any atom is -0.378 e. The molecule has 30 heavy (non-hydrogen) atoms. The van der Waals surface area contributed by atoms with Crippen LogP contribution in [-0.4, -0.2) is 45.0 Å². The molecule has 6 nitrogen and oxygen atoms in total. The van der Waals surface area contributed by atoms with E-state index >= 15 is 0 Å². The topological polar surface area (TPSA) is 70.1 Å². The minimum atomic E-state index is -3.96. The molecule has 1 fully saturated rings. The molecular formula is C21H20BrN3O3S2. The Kier molecular flexibility index (Phi) is 6.84. The van der Waals surface area contributed by atoms with E-state index in [4.69, 9.17) is 0 Å². The van der Waals surface area contributed by atoms with Gasteiger partial charge in [-0.2, -0.15) is 8.42 Å².